The van der Waals surface area contributed by atoms with Crippen LogP contribution in [0.1, 0.15) is 11.1 Å². The molecular weight excluding hydrogens is 340 g/mol. The van der Waals surface area contributed by atoms with Gasteiger partial charge in [-0.3, -0.25) is 9.13 Å². The first-order valence-electron chi connectivity index (χ1n) is 8.42. The van der Waals surface area contributed by atoms with Gasteiger partial charge in [-0.2, -0.15) is 5.26 Å². The van der Waals surface area contributed by atoms with Crippen LogP contribution in [0.2, 0.25) is 0 Å². The molecule has 0 atom stereocenters. The van der Waals surface area contributed by atoms with Gasteiger partial charge in [0.05, 0.1) is 29.4 Å². The molecule has 0 bridgehead atoms. The highest BCUT2D eigenvalue weighted by Crippen LogP contribution is 2.24. The van der Waals surface area contributed by atoms with Crippen molar-refractivity contribution in [3.05, 3.63) is 82.3 Å². The number of phenols is 1. The number of aromatic hydroxyl groups is 1. The third-order valence-corrected chi connectivity index (χ3v) is 4.58. The van der Waals surface area contributed by atoms with Gasteiger partial charge in [0.2, 0.25) is 0 Å². The second-order valence-electron chi connectivity index (χ2n) is 6.29. The third-order valence-electron chi connectivity index (χ3n) is 4.58. The fourth-order valence-electron chi connectivity index (χ4n) is 3.16. The first kappa shape index (κ1) is 16.6. The van der Waals surface area contributed by atoms with Crippen molar-refractivity contribution in [2.24, 2.45) is 7.05 Å². The van der Waals surface area contributed by atoms with Gasteiger partial charge in [-0.05, 0) is 35.9 Å². The predicted molar refractivity (Wildman–Crippen MR) is 102 cm³/mol. The van der Waals surface area contributed by atoms with E-state index in [4.69, 9.17) is 0 Å². The smallest absolute Gasteiger partial charge is 0.330 e. The van der Waals surface area contributed by atoms with Crippen molar-refractivity contribution >= 4 is 11.2 Å². The topological polar surface area (TPSA) is 83.8 Å². The standard InChI is InChI=1S/C21H16N4O2/c1-24-20-19(25(21(24)27)13-14-6-8-16(26)9-7-14)11-10-18(23-20)17-5-3-2-4-15(17)12-22/h2-11,26H,13H2,1H3. The molecule has 4 aromatic rings. The van der Waals surface area contributed by atoms with E-state index in [1.807, 2.05) is 30.3 Å². The van der Waals surface area contributed by atoms with E-state index in [0.717, 1.165) is 11.1 Å². The lowest BCUT2D eigenvalue weighted by atomic mass is 10.1. The Balaban J connectivity index is 1.84. The average molecular weight is 356 g/mol. The Morgan fingerprint density at radius 2 is 1.81 bits per heavy atom. The maximum atomic E-state index is 12.7. The number of nitrogens with zero attached hydrogens (tertiary/aromatic N) is 4. The Bertz CT molecular complexity index is 1240. The Labute approximate surface area is 155 Å². The number of hydrogen-bond donors (Lipinski definition) is 1. The van der Waals surface area contributed by atoms with E-state index in [1.165, 1.54) is 4.57 Å². The second-order valence-corrected chi connectivity index (χ2v) is 6.29. The minimum Gasteiger partial charge on any atom is -0.508 e. The monoisotopic (exact) mass is 356 g/mol. The van der Waals surface area contributed by atoms with Crippen molar-refractivity contribution < 1.29 is 5.11 Å². The van der Waals surface area contributed by atoms with E-state index in [2.05, 4.69) is 11.1 Å². The summed E-state index contributed by atoms with van der Waals surface area (Å²) in [7, 11) is 1.69. The van der Waals surface area contributed by atoms with Gasteiger partial charge in [-0.25, -0.2) is 9.78 Å². The summed E-state index contributed by atoms with van der Waals surface area (Å²) in [6.07, 6.45) is 0. The molecule has 0 aliphatic carbocycles. The van der Waals surface area contributed by atoms with Crippen molar-refractivity contribution in [3.63, 3.8) is 0 Å². The van der Waals surface area contributed by atoms with Crippen LogP contribution < -0.4 is 5.69 Å². The number of fused-ring (bicyclic) bond motifs is 1. The fourth-order valence-corrected chi connectivity index (χ4v) is 3.16. The quantitative estimate of drug-likeness (QED) is 0.611. The zero-order chi connectivity index (χ0) is 19.0. The molecule has 132 valence electrons. The molecule has 0 amide bonds. The van der Waals surface area contributed by atoms with Gasteiger partial charge in [-0.15, -0.1) is 0 Å². The van der Waals surface area contributed by atoms with Gasteiger partial charge >= 0.3 is 5.69 Å². The second kappa shape index (κ2) is 6.46. The van der Waals surface area contributed by atoms with Crippen molar-refractivity contribution in [1.29, 1.82) is 5.26 Å². The number of nitriles is 1. The highest BCUT2D eigenvalue weighted by molar-refractivity contribution is 5.78. The van der Waals surface area contributed by atoms with Crippen molar-refractivity contribution in [1.82, 2.24) is 14.1 Å². The summed E-state index contributed by atoms with van der Waals surface area (Å²) >= 11 is 0. The fraction of sp³-hybridized carbons (Fsp3) is 0.0952. The number of aromatic nitrogens is 3. The zero-order valence-corrected chi connectivity index (χ0v) is 14.6. The normalized spacial score (nSPS) is 10.8. The van der Waals surface area contributed by atoms with E-state index < -0.39 is 0 Å². The van der Waals surface area contributed by atoms with Gasteiger partial charge < -0.3 is 5.11 Å². The number of imidazole rings is 1. The van der Waals surface area contributed by atoms with Crippen molar-refractivity contribution in [2.45, 2.75) is 6.54 Å². The molecule has 0 fully saturated rings. The summed E-state index contributed by atoms with van der Waals surface area (Å²) in [4.78, 5) is 17.4. The number of rotatable bonds is 3. The lowest BCUT2D eigenvalue weighted by Gasteiger charge is -2.06. The molecule has 2 aromatic heterocycles. The van der Waals surface area contributed by atoms with Crippen LogP contribution in [0.15, 0.2) is 65.5 Å². The number of phenolic OH excluding ortho intramolecular Hbond substituents is 1. The molecule has 0 saturated heterocycles. The van der Waals surface area contributed by atoms with Crippen LogP contribution >= 0.6 is 0 Å². The molecule has 1 N–H and O–H groups in total. The molecule has 0 aliphatic rings. The van der Waals surface area contributed by atoms with E-state index in [9.17, 15) is 15.2 Å². The molecule has 27 heavy (non-hydrogen) atoms. The molecule has 0 saturated carbocycles. The number of pyridine rings is 1. The highest BCUT2D eigenvalue weighted by Gasteiger charge is 2.14. The molecule has 0 aliphatic heterocycles. The summed E-state index contributed by atoms with van der Waals surface area (Å²) in [5, 5.41) is 18.8. The molecule has 6 nitrogen and oxygen atoms in total. The lowest BCUT2D eigenvalue weighted by molar-refractivity contribution is 0.475. The van der Waals surface area contributed by atoms with Crippen LogP contribution in [-0.4, -0.2) is 19.2 Å². The molecule has 0 spiro atoms. The zero-order valence-electron chi connectivity index (χ0n) is 14.6. The summed E-state index contributed by atoms with van der Waals surface area (Å²) in [6, 6.07) is 19.9. The molecule has 4 rings (SSSR count). The van der Waals surface area contributed by atoms with Gasteiger partial charge in [0.1, 0.15) is 5.75 Å². The Morgan fingerprint density at radius 3 is 2.56 bits per heavy atom. The van der Waals surface area contributed by atoms with Crippen LogP contribution in [0, 0.1) is 11.3 Å². The van der Waals surface area contributed by atoms with Crippen molar-refractivity contribution in [2.75, 3.05) is 0 Å². The number of benzene rings is 2. The summed E-state index contributed by atoms with van der Waals surface area (Å²) in [5.74, 6) is 0.187. The summed E-state index contributed by atoms with van der Waals surface area (Å²) < 4.78 is 3.16. The first-order valence-corrected chi connectivity index (χ1v) is 8.42. The Kier molecular flexibility index (Phi) is 3.98. The molecule has 0 unspecified atom stereocenters. The SMILES string of the molecule is Cn1c(=O)n(Cc2ccc(O)cc2)c2ccc(-c3ccccc3C#N)nc21. The molecule has 6 heteroatoms. The summed E-state index contributed by atoms with van der Waals surface area (Å²) in [6.45, 7) is 0.381. The maximum absolute atomic E-state index is 12.7. The average Bonchev–Trinajstić information content (AvgIpc) is 2.94. The molecule has 2 heterocycles. The van der Waals surface area contributed by atoms with E-state index >= 15 is 0 Å². The van der Waals surface area contributed by atoms with Crippen LogP contribution in [-0.2, 0) is 13.6 Å². The lowest BCUT2D eigenvalue weighted by Crippen LogP contribution is -2.22. The minimum absolute atomic E-state index is 0.170. The van der Waals surface area contributed by atoms with Crippen LogP contribution in [0.25, 0.3) is 22.4 Å². The van der Waals surface area contributed by atoms with Gasteiger partial charge in [-0.1, -0.05) is 30.3 Å². The molecular formula is C21H16N4O2. The van der Waals surface area contributed by atoms with E-state index in [-0.39, 0.29) is 11.4 Å². The third kappa shape index (κ3) is 2.85. The van der Waals surface area contributed by atoms with Gasteiger partial charge in [0.15, 0.2) is 5.65 Å². The molecule has 0 radical (unpaired) electrons. The van der Waals surface area contributed by atoms with Crippen LogP contribution in [0.4, 0.5) is 0 Å². The van der Waals surface area contributed by atoms with Crippen LogP contribution in [0.3, 0.4) is 0 Å². The Hall–Kier alpha value is -3.85. The highest BCUT2D eigenvalue weighted by atomic mass is 16.3. The van der Waals surface area contributed by atoms with Gasteiger partial charge in [0.25, 0.3) is 0 Å². The predicted octanol–water partition coefficient (Wildman–Crippen LogP) is 3.03. The number of hydrogen-bond acceptors (Lipinski definition) is 4. The van der Waals surface area contributed by atoms with E-state index in [0.29, 0.717) is 29.0 Å². The molecule has 2 aromatic carbocycles. The largest absolute Gasteiger partial charge is 0.508 e. The van der Waals surface area contributed by atoms with E-state index in [1.54, 1.807) is 41.9 Å². The minimum atomic E-state index is -0.170. The van der Waals surface area contributed by atoms with Crippen LogP contribution in [0.5, 0.6) is 5.75 Å². The van der Waals surface area contributed by atoms with Gasteiger partial charge in [0, 0.05) is 12.6 Å². The first-order chi connectivity index (χ1) is 13.1. The number of aryl methyl sites for hydroxylation is 1. The maximum Gasteiger partial charge on any atom is 0.330 e. The Morgan fingerprint density at radius 1 is 1.07 bits per heavy atom. The summed E-state index contributed by atoms with van der Waals surface area (Å²) in [5.41, 5.74) is 3.94. The van der Waals surface area contributed by atoms with Crippen molar-refractivity contribution in [3.8, 4) is 23.1 Å².